The largest absolute Gasteiger partial charge is 0.324 e. The highest BCUT2D eigenvalue weighted by Crippen LogP contribution is 2.34. The maximum absolute atomic E-state index is 6.24. The molecule has 0 radical (unpaired) electrons. The smallest absolute Gasteiger partial charge is 0.0605 e. The van der Waals surface area contributed by atoms with Gasteiger partial charge in [0.25, 0.3) is 0 Å². The van der Waals surface area contributed by atoms with Crippen molar-refractivity contribution in [3.05, 3.63) is 71.3 Å². The number of likely N-dealkylation sites (tertiary alicyclic amines) is 1. The Balaban J connectivity index is 2.05. The Kier molecular flexibility index (Phi) is 4.91. The Morgan fingerprint density at radius 2 is 1.41 bits per heavy atom. The molecule has 0 aromatic heterocycles. The van der Waals surface area contributed by atoms with Crippen LogP contribution in [0, 0.1) is 0 Å². The van der Waals surface area contributed by atoms with E-state index >= 15 is 0 Å². The fraction of sp³-hybridized carbons (Fsp3) is 0.400. The molecule has 1 fully saturated rings. The molecule has 0 bridgehead atoms. The molecule has 2 nitrogen and oxygen atoms in total. The van der Waals surface area contributed by atoms with Crippen LogP contribution in [0.15, 0.2) is 54.6 Å². The van der Waals surface area contributed by atoms with Gasteiger partial charge < -0.3 is 5.73 Å². The third-order valence-corrected chi connectivity index (χ3v) is 4.65. The minimum absolute atomic E-state index is 0.0622. The quantitative estimate of drug-likeness (QED) is 0.912. The first-order chi connectivity index (χ1) is 10.8. The molecule has 1 heterocycles. The molecule has 2 atom stereocenters. The molecule has 1 aliphatic rings. The summed E-state index contributed by atoms with van der Waals surface area (Å²) in [7, 11) is 0. The van der Waals surface area contributed by atoms with E-state index in [-0.39, 0.29) is 6.04 Å². The summed E-state index contributed by atoms with van der Waals surface area (Å²) in [5.41, 5.74) is 10.2. The standard InChI is InChI=1S/C20H26N2/c1-16(21)18-12-6-7-13-19(18)20(17-10-4-2-5-11-17)22-14-8-3-9-15-22/h2,4-7,10-13,16,20H,3,8-9,14-15,21H2,1H3. The molecule has 2 heteroatoms. The Morgan fingerprint density at radius 3 is 2.05 bits per heavy atom. The minimum Gasteiger partial charge on any atom is -0.324 e. The summed E-state index contributed by atoms with van der Waals surface area (Å²) in [5, 5.41) is 0. The molecule has 116 valence electrons. The highest BCUT2D eigenvalue weighted by atomic mass is 15.2. The van der Waals surface area contributed by atoms with Crippen molar-refractivity contribution < 1.29 is 0 Å². The first-order valence-corrected chi connectivity index (χ1v) is 8.41. The van der Waals surface area contributed by atoms with Crippen molar-refractivity contribution in [1.82, 2.24) is 4.90 Å². The van der Waals surface area contributed by atoms with Gasteiger partial charge >= 0.3 is 0 Å². The van der Waals surface area contributed by atoms with Gasteiger partial charge in [0.1, 0.15) is 0 Å². The van der Waals surface area contributed by atoms with Gasteiger partial charge in [0, 0.05) is 6.04 Å². The SMILES string of the molecule is CC(N)c1ccccc1C(c1ccccc1)N1CCCCC1. The van der Waals surface area contributed by atoms with Crippen LogP contribution in [-0.4, -0.2) is 18.0 Å². The van der Waals surface area contributed by atoms with E-state index in [1.807, 2.05) is 0 Å². The molecular formula is C20H26N2. The molecule has 2 aromatic rings. The Morgan fingerprint density at radius 1 is 0.818 bits per heavy atom. The van der Waals surface area contributed by atoms with Gasteiger partial charge in [-0.3, -0.25) is 4.90 Å². The summed E-state index contributed by atoms with van der Waals surface area (Å²) >= 11 is 0. The van der Waals surface area contributed by atoms with Crippen molar-refractivity contribution in [2.24, 2.45) is 5.73 Å². The maximum atomic E-state index is 6.24. The normalized spacial score (nSPS) is 18.8. The van der Waals surface area contributed by atoms with E-state index in [0.717, 1.165) is 0 Å². The monoisotopic (exact) mass is 294 g/mol. The van der Waals surface area contributed by atoms with Gasteiger partial charge in [-0.25, -0.2) is 0 Å². The Labute approximate surface area is 134 Å². The van der Waals surface area contributed by atoms with Crippen molar-refractivity contribution >= 4 is 0 Å². The molecule has 0 spiro atoms. The molecule has 3 rings (SSSR count). The molecule has 0 saturated carbocycles. The fourth-order valence-corrected chi connectivity index (χ4v) is 3.57. The second-order valence-electron chi connectivity index (χ2n) is 6.33. The number of nitrogens with two attached hydrogens (primary N) is 1. The predicted molar refractivity (Wildman–Crippen MR) is 92.8 cm³/mol. The molecule has 1 saturated heterocycles. The number of nitrogens with zero attached hydrogens (tertiary/aromatic N) is 1. The van der Waals surface area contributed by atoms with Crippen molar-refractivity contribution in [2.75, 3.05) is 13.1 Å². The number of hydrogen-bond acceptors (Lipinski definition) is 2. The fourth-order valence-electron chi connectivity index (χ4n) is 3.57. The molecule has 0 amide bonds. The lowest BCUT2D eigenvalue weighted by atomic mass is 9.89. The molecule has 2 aromatic carbocycles. The first-order valence-electron chi connectivity index (χ1n) is 8.41. The van der Waals surface area contributed by atoms with Crippen molar-refractivity contribution in [3.63, 3.8) is 0 Å². The van der Waals surface area contributed by atoms with Crippen molar-refractivity contribution in [3.8, 4) is 0 Å². The van der Waals surface area contributed by atoms with E-state index in [0.29, 0.717) is 6.04 Å². The second kappa shape index (κ2) is 7.08. The van der Waals surface area contributed by atoms with Gasteiger partial charge in [-0.05, 0) is 49.5 Å². The highest BCUT2D eigenvalue weighted by molar-refractivity contribution is 5.39. The summed E-state index contributed by atoms with van der Waals surface area (Å²) in [6, 6.07) is 19.9. The Hall–Kier alpha value is -1.64. The zero-order chi connectivity index (χ0) is 15.4. The summed E-state index contributed by atoms with van der Waals surface area (Å²) in [4.78, 5) is 2.63. The third kappa shape index (κ3) is 3.23. The number of hydrogen-bond donors (Lipinski definition) is 1. The minimum atomic E-state index is 0.0622. The lowest BCUT2D eigenvalue weighted by molar-refractivity contribution is 0.186. The van der Waals surface area contributed by atoms with E-state index in [1.54, 1.807) is 0 Å². The first kappa shape index (κ1) is 15.3. The van der Waals surface area contributed by atoms with E-state index in [1.165, 1.54) is 49.0 Å². The van der Waals surface area contributed by atoms with Crippen LogP contribution in [-0.2, 0) is 0 Å². The van der Waals surface area contributed by atoms with Crippen LogP contribution in [0.1, 0.15) is 55.0 Å². The summed E-state index contributed by atoms with van der Waals surface area (Å²) in [6.45, 7) is 4.43. The Bertz CT molecular complexity index is 586. The van der Waals surface area contributed by atoms with Gasteiger partial charge in [0.15, 0.2) is 0 Å². The van der Waals surface area contributed by atoms with Gasteiger partial charge in [-0.15, -0.1) is 0 Å². The van der Waals surface area contributed by atoms with Gasteiger partial charge in [-0.2, -0.15) is 0 Å². The lowest BCUT2D eigenvalue weighted by Crippen LogP contribution is -2.35. The topological polar surface area (TPSA) is 29.3 Å². The number of piperidine rings is 1. The van der Waals surface area contributed by atoms with Gasteiger partial charge in [0.2, 0.25) is 0 Å². The second-order valence-corrected chi connectivity index (χ2v) is 6.33. The van der Waals surface area contributed by atoms with E-state index < -0.39 is 0 Å². The average Bonchev–Trinajstić information content (AvgIpc) is 2.57. The van der Waals surface area contributed by atoms with Crippen LogP contribution in [0.25, 0.3) is 0 Å². The van der Waals surface area contributed by atoms with Crippen LogP contribution in [0.4, 0.5) is 0 Å². The summed E-state index contributed by atoms with van der Waals surface area (Å²) in [5.74, 6) is 0. The number of rotatable bonds is 4. The molecule has 2 N–H and O–H groups in total. The maximum Gasteiger partial charge on any atom is 0.0605 e. The van der Waals surface area contributed by atoms with Crippen LogP contribution in [0.2, 0.25) is 0 Å². The van der Waals surface area contributed by atoms with Crippen molar-refractivity contribution in [2.45, 2.75) is 38.3 Å². The zero-order valence-electron chi connectivity index (χ0n) is 13.4. The molecule has 1 aliphatic heterocycles. The van der Waals surface area contributed by atoms with Crippen LogP contribution >= 0.6 is 0 Å². The van der Waals surface area contributed by atoms with Crippen LogP contribution in [0.5, 0.6) is 0 Å². The summed E-state index contributed by atoms with van der Waals surface area (Å²) in [6.07, 6.45) is 3.94. The van der Waals surface area contributed by atoms with Gasteiger partial charge in [0.05, 0.1) is 6.04 Å². The van der Waals surface area contributed by atoms with Crippen LogP contribution in [0.3, 0.4) is 0 Å². The third-order valence-electron chi connectivity index (χ3n) is 4.65. The van der Waals surface area contributed by atoms with E-state index in [2.05, 4.69) is 66.4 Å². The average molecular weight is 294 g/mol. The zero-order valence-corrected chi connectivity index (χ0v) is 13.4. The lowest BCUT2D eigenvalue weighted by Gasteiger charge is -2.36. The van der Waals surface area contributed by atoms with Crippen LogP contribution < -0.4 is 5.73 Å². The molecule has 22 heavy (non-hydrogen) atoms. The van der Waals surface area contributed by atoms with Crippen molar-refractivity contribution in [1.29, 1.82) is 0 Å². The van der Waals surface area contributed by atoms with E-state index in [4.69, 9.17) is 5.73 Å². The predicted octanol–water partition coefficient (Wildman–Crippen LogP) is 4.28. The molecular weight excluding hydrogens is 268 g/mol. The van der Waals surface area contributed by atoms with Gasteiger partial charge in [-0.1, -0.05) is 61.0 Å². The highest BCUT2D eigenvalue weighted by Gasteiger charge is 2.26. The summed E-state index contributed by atoms with van der Waals surface area (Å²) < 4.78 is 0. The number of benzene rings is 2. The molecule has 0 aliphatic carbocycles. The molecule has 2 unspecified atom stereocenters. The van der Waals surface area contributed by atoms with E-state index in [9.17, 15) is 0 Å².